The number of alkyl halides is 3. The van der Waals surface area contributed by atoms with Crippen LogP contribution in [-0.2, 0) is 16.3 Å². The third kappa shape index (κ3) is 6.87. The van der Waals surface area contributed by atoms with Gasteiger partial charge in [0.25, 0.3) is 5.91 Å². The minimum absolute atomic E-state index is 0.0123. The van der Waals surface area contributed by atoms with Crippen LogP contribution in [0.3, 0.4) is 0 Å². The minimum Gasteiger partial charge on any atom is -0.477 e. The van der Waals surface area contributed by atoms with Crippen LogP contribution in [0.25, 0.3) is 11.3 Å². The first kappa shape index (κ1) is 34.8. The second kappa shape index (κ2) is 12.7. The van der Waals surface area contributed by atoms with Gasteiger partial charge in [0.2, 0.25) is 5.88 Å². The molecule has 1 aromatic carbocycles. The SMILES string of the molecule is CCOc1ncccc1-c1ccc2c(n1)C(=O)N(CC1(O)CN(C(=O)OC(C)(C)C)C1)CC21CCN(c2cccc(Cl)c2C(F)(F)F)CC1. The Morgan fingerprint density at radius 1 is 1.04 bits per heavy atom. The molecule has 3 aliphatic rings. The molecule has 0 saturated carbocycles. The lowest BCUT2D eigenvalue weighted by molar-refractivity contribution is -0.137. The van der Waals surface area contributed by atoms with Crippen LogP contribution in [0.1, 0.15) is 62.2 Å². The second-order valence-corrected chi connectivity index (χ2v) is 14.4. The third-order valence-corrected chi connectivity index (χ3v) is 9.54. The van der Waals surface area contributed by atoms with Crippen molar-refractivity contribution in [1.29, 1.82) is 0 Å². The van der Waals surface area contributed by atoms with Crippen molar-refractivity contribution in [2.24, 2.45) is 0 Å². The van der Waals surface area contributed by atoms with E-state index in [1.165, 1.54) is 23.1 Å². The highest BCUT2D eigenvalue weighted by atomic mass is 35.5. The number of hydrogen-bond acceptors (Lipinski definition) is 8. The number of carbonyl (C=O) groups excluding carboxylic acids is 2. The Morgan fingerprint density at radius 2 is 1.76 bits per heavy atom. The van der Waals surface area contributed by atoms with Gasteiger partial charge in [-0.2, -0.15) is 13.2 Å². The summed E-state index contributed by atoms with van der Waals surface area (Å²) < 4.78 is 53.4. The van der Waals surface area contributed by atoms with Crippen LogP contribution in [0.15, 0.2) is 48.7 Å². The summed E-state index contributed by atoms with van der Waals surface area (Å²) in [4.78, 5) is 40.6. The normalized spacial score (nSPS) is 18.6. The molecule has 262 valence electrons. The van der Waals surface area contributed by atoms with Crippen molar-refractivity contribution in [3.63, 3.8) is 0 Å². The van der Waals surface area contributed by atoms with Crippen molar-refractivity contribution in [1.82, 2.24) is 19.8 Å². The van der Waals surface area contributed by atoms with Crippen molar-refractivity contribution < 1.29 is 37.3 Å². The van der Waals surface area contributed by atoms with E-state index in [-0.39, 0.29) is 61.6 Å². The van der Waals surface area contributed by atoms with Gasteiger partial charge in [0.05, 0.1) is 53.8 Å². The first-order chi connectivity index (χ1) is 23.0. The number of hydrogen-bond donors (Lipinski definition) is 1. The fourth-order valence-electron chi connectivity index (χ4n) is 7.07. The number of β-amino-alcohol motifs (C(OH)–C–C–N with tert-alkyl or cyclic N) is 1. The zero-order valence-electron chi connectivity index (χ0n) is 27.8. The molecule has 0 bridgehead atoms. The number of halogens is 4. The van der Waals surface area contributed by atoms with Crippen LogP contribution >= 0.6 is 11.6 Å². The highest BCUT2D eigenvalue weighted by Crippen LogP contribution is 2.47. The van der Waals surface area contributed by atoms with E-state index in [0.29, 0.717) is 42.1 Å². The predicted molar refractivity (Wildman–Crippen MR) is 177 cm³/mol. The molecule has 2 fully saturated rings. The van der Waals surface area contributed by atoms with E-state index in [1.54, 1.807) is 48.9 Å². The molecule has 1 spiro atoms. The lowest BCUT2D eigenvalue weighted by Gasteiger charge is -2.52. The number of fused-ring (bicyclic) bond motifs is 2. The Hall–Kier alpha value is -4.10. The highest BCUT2D eigenvalue weighted by molar-refractivity contribution is 6.31. The van der Waals surface area contributed by atoms with Crippen LogP contribution in [0.4, 0.5) is 23.7 Å². The molecule has 0 aliphatic carbocycles. The molecule has 10 nitrogen and oxygen atoms in total. The number of aromatic nitrogens is 2. The summed E-state index contributed by atoms with van der Waals surface area (Å²) in [5, 5.41) is 11.1. The third-order valence-electron chi connectivity index (χ3n) is 9.22. The number of likely N-dealkylation sites (tertiary alicyclic amines) is 1. The van der Waals surface area contributed by atoms with E-state index >= 15 is 0 Å². The van der Waals surface area contributed by atoms with E-state index in [9.17, 15) is 27.9 Å². The molecular formula is C35H39ClF3N5O5. The summed E-state index contributed by atoms with van der Waals surface area (Å²) in [5.74, 6) is -0.0151. The lowest BCUT2D eigenvalue weighted by Crippen LogP contribution is -2.69. The molecule has 2 saturated heterocycles. The number of benzene rings is 1. The molecule has 2 aromatic heterocycles. The first-order valence-electron chi connectivity index (χ1n) is 16.2. The zero-order valence-corrected chi connectivity index (χ0v) is 28.6. The molecule has 2 amide bonds. The van der Waals surface area contributed by atoms with Crippen LogP contribution in [-0.4, -0.2) is 94.0 Å². The number of ether oxygens (including phenoxy) is 2. The smallest absolute Gasteiger partial charge is 0.419 e. The first-order valence-corrected chi connectivity index (χ1v) is 16.6. The average molecular weight is 702 g/mol. The van der Waals surface area contributed by atoms with Gasteiger partial charge in [0, 0.05) is 31.2 Å². The Morgan fingerprint density at radius 3 is 2.41 bits per heavy atom. The van der Waals surface area contributed by atoms with E-state index in [2.05, 4.69) is 4.98 Å². The monoisotopic (exact) mass is 701 g/mol. The Bertz CT molecular complexity index is 1750. The number of nitrogens with zero attached hydrogens (tertiary/aromatic N) is 5. The van der Waals surface area contributed by atoms with Gasteiger partial charge in [-0.3, -0.25) is 4.79 Å². The molecular weight excluding hydrogens is 663 g/mol. The van der Waals surface area contributed by atoms with Crippen LogP contribution in [0.2, 0.25) is 5.02 Å². The fraction of sp³-hybridized carbons (Fsp3) is 0.486. The number of pyridine rings is 2. The molecule has 0 unspecified atom stereocenters. The molecule has 3 aromatic rings. The van der Waals surface area contributed by atoms with E-state index in [1.807, 2.05) is 19.1 Å². The maximum Gasteiger partial charge on any atom is 0.419 e. The Kier molecular flexibility index (Phi) is 8.98. The highest BCUT2D eigenvalue weighted by Gasteiger charge is 2.52. The number of carbonyl (C=O) groups is 2. The van der Waals surface area contributed by atoms with Crippen molar-refractivity contribution in [2.75, 3.05) is 50.8 Å². The maximum atomic E-state index is 14.2. The Labute approximate surface area is 287 Å². The van der Waals surface area contributed by atoms with Gasteiger partial charge in [0.15, 0.2) is 0 Å². The number of amides is 2. The van der Waals surface area contributed by atoms with Crippen LogP contribution in [0.5, 0.6) is 5.88 Å². The zero-order chi connectivity index (χ0) is 35.4. The van der Waals surface area contributed by atoms with E-state index < -0.39 is 34.5 Å². The molecule has 49 heavy (non-hydrogen) atoms. The standard InChI is InChI=1S/C35H39ClF3N5O5/c1-5-48-29-22(8-7-15-40-29)25-12-11-23-28(41-25)30(45)43(19-34(47)20-44(21-34)31(46)49-32(2,3)4)18-33(23)13-16-42(17-14-33)26-10-6-9-24(36)27(26)35(37,38)39/h6-12,15,47H,5,13-14,16-21H2,1-4H3. The largest absolute Gasteiger partial charge is 0.477 e. The topological polar surface area (TPSA) is 108 Å². The summed E-state index contributed by atoms with van der Waals surface area (Å²) in [5.41, 5.74) is -1.61. The summed E-state index contributed by atoms with van der Waals surface area (Å²) in [7, 11) is 0. The predicted octanol–water partition coefficient (Wildman–Crippen LogP) is 6.19. The van der Waals surface area contributed by atoms with Gasteiger partial charge in [0.1, 0.15) is 16.9 Å². The number of anilines is 1. The number of aliphatic hydroxyl groups is 1. The summed E-state index contributed by atoms with van der Waals surface area (Å²) in [6.07, 6.45) is -2.76. The van der Waals surface area contributed by atoms with Crippen LogP contribution < -0.4 is 9.64 Å². The Balaban J connectivity index is 1.32. The van der Waals surface area contributed by atoms with E-state index in [0.717, 1.165) is 0 Å². The molecule has 6 rings (SSSR count). The molecule has 14 heteroatoms. The molecule has 3 aliphatic heterocycles. The molecule has 5 heterocycles. The van der Waals surface area contributed by atoms with Crippen molar-refractivity contribution in [3.8, 4) is 17.1 Å². The van der Waals surface area contributed by atoms with E-state index in [4.69, 9.17) is 26.1 Å². The number of rotatable bonds is 6. The van der Waals surface area contributed by atoms with Crippen LogP contribution in [0, 0.1) is 0 Å². The van der Waals surface area contributed by atoms with Gasteiger partial charge in [-0.05, 0) is 76.4 Å². The lowest BCUT2D eigenvalue weighted by atomic mass is 9.69. The number of piperidine rings is 1. The average Bonchev–Trinajstić information content (AvgIpc) is 3.01. The van der Waals surface area contributed by atoms with Gasteiger partial charge in [-0.25, -0.2) is 14.8 Å². The van der Waals surface area contributed by atoms with Crippen molar-refractivity contribution >= 4 is 29.3 Å². The van der Waals surface area contributed by atoms with Gasteiger partial charge in [-0.15, -0.1) is 0 Å². The molecule has 0 atom stereocenters. The van der Waals surface area contributed by atoms with Gasteiger partial charge >= 0.3 is 12.3 Å². The minimum atomic E-state index is -4.64. The molecule has 0 radical (unpaired) electrons. The fourth-order valence-corrected chi connectivity index (χ4v) is 7.35. The summed E-state index contributed by atoms with van der Waals surface area (Å²) >= 11 is 6.05. The van der Waals surface area contributed by atoms with Gasteiger partial charge in [-0.1, -0.05) is 23.7 Å². The summed E-state index contributed by atoms with van der Waals surface area (Å²) in [6.45, 7) is 8.14. The van der Waals surface area contributed by atoms with Crippen molar-refractivity contribution in [2.45, 2.75) is 63.3 Å². The quantitative estimate of drug-likeness (QED) is 0.324. The van der Waals surface area contributed by atoms with Crippen molar-refractivity contribution in [3.05, 3.63) is 70.5 Å². The molecule has 1 N–H and O–H groups in total. The second-order valence-electron chi connectivity index (χ2n) is 14.0. The maximum absolute atomic E-state index is 14.2. The van der Waals surface area contributed by atoms with Gasteiger partial charge < -0.3 is 29.3 Å². The summed E-state index contributed by atoms with van der Waals surface area (Å²) in [6, 6.07) is 11.4.